The van der Waals surface area contributed by atoms with Gasteiger partial charge in [-0.2, -0.15) is 0 Å². The topological polar surface area (TPSA) is 37.3 Å². The summed E-state index contributed by atoms with van der Waals surface area (Å²) < 4.78 is 0. The van der Waals surface area contributed by atoms with E-state index in [0.29, 0.717) is 0 Å². The molecule has 1 rings (SSSR count). The molecule has 0 heterocycles. The lowest BCUT2D eigenvalue weighted by atomic mass is 9.96. The summed E-state index contributed by atoms with van der Waals surface area (Å²) in [6.45, 7) is 6.03. The highest BCUT2D eigenvalue weighted by Crippen LogP contribution is 2.38. The molecule has 3 heteroatoms. The Balaban J connectivity index is 2.93. The summed E-state index contributed by atoms with van der Waals surface area (Å²) in [7, 11) is 0. The summed E-state index contributed by atoms with van der Waals surface area (Å²) in [5.74, 6) is -0.895. The Labute approximate surface area is 100 Å². The SMILES string of the molecule is CC(C)(C)C(=CC(=O)O)Sc1ccccc1. The molecule has 0 saturated carbocycles. The van der Waals surface area contributed by atoms with Crippen molar-refractivity contribution in [2.75, 3.05) is 0 Å². The number of thioether (sulfide) groups is 1. The van der Waals surface area contributed by atoms with Crippen molar-refractivity contribution < 1.29 is 9.90 Å². The van der Waals surface area contributed by atoms with E-state index in [2.05, 4.69) is 0 Å². The minimum atomic E-state index is -0.895. The molecule has 0 aliphatic heterocycles. The molecule has 0 radical (unpaired) electrons. The van der Waals surface area contributed by atoms with Gasteiger partial charge in [-0.3, -0.25) is 0 Å². The Morgan fingerprint density at radius 2 is 1.81 bits per heavy atom. The average Bonchev–Trinajstić information content (AvgIpc) is 2.16. The molecule has 0 amide bonds. The number of allylic oxidation sites excluding steroid dienone is 1. The van der Waals surface area contributed by atoms with Crippen molar-refractivity contribution in [2.24, 2.45) is 5.41 Å². The number of carboxylic acids is 1. The van der Waals surface area contributed by atoms with Crippen molar-refractivity contribution in [1.29, 1.82) is 0 Å². The molecule has 0 aliphatic carbocycles. The monoisotopic (exact) mass is 236 g/mol. The summed E-state index contributed by atoms with van der Waals surface area (Å²) in [5.41, 5.74) is -0.154. The Bertz CT molecular complexity index is 388. The van der Waals surface area contributed by atoms with Crippen LogP contribution in [0.15, 0.2) is 46.2 Å². The zero-order valence-electron chi connectivity index (χ0n) is 9.73. The maximum Gasteiger partial charge on any atom is 0.329 e. The van der Waals surface area contributed by atoms with Gasteiger partial charge in [0.1, 0.15) is 0 Å². The third kappa shape index (κ3) is 4.11. The first-order chi connectivity index (χ1) is 7.39. The smallest absolute Gasteiger partial charge is 0.329 e. The molecule has 1 aromatic rings. The standard InChI is InChI=1S/C13H16O2S/c1-13(2,3)11(9-12(14)15)16-10-7-5-4-6-8-10/h4-9H,1-3H3,(H,14,15). The quantitative estimate of drug-likeness (QED) is 0.640. The number of rotatable bonds is 3. The Morgan fingerprint density at radius 3 is 2.25 bits per heavy atom. The van der Waals surface area contributed by atoms with Crippen molar-refractivity contribution in [3.8, 4) is 0 Å². The van der Waals surface area contributed by atoms with Crippen molar-refractivity contribution in [1.82, 2.24) is 0 Å². The fourth-order valence-electron chi connectivity index (χ4n) is 1.13. The number of carbonyl (C=O) groups is 1. The molecule has 0 atom stereocenters. The largest absolute Gasteiger partial charge is 0.478 e. The zero-order valence-corrected chi connectivity index (χ0v) is 10.5. The zero-order chi connectivity index (χ0) is 12.2. The molecule has 16 heavy (non-hydrogen) atoms. The maximum absolute atomic E-state index is 10.8. The minimum Gasteiger partial charge on any atom is -0.478 e. The van der Waals surface area contributed by atoms with Gasteiger partial charge in [0.25, 0.3) is 0 Å². The van der Waals surface area contributed by atoms with Gasteiger partial charge < -0.3 is 5.11 Å². The molecule has 1 N–H and O–H groups in total. The molecule has 0 saturated heterocycles. The van der Waals surface area contributed by atoms with E-state index in [9.17, 15) is 4.79 Å². The van der Waals surface area contributed by atoms with Gasteiger partial charge in [0, 0.05) is 15.9 Å². The van der Waals surface area contributed by atoms with Gasteiger partial charge >= 0.3 is 5.97 Å². The second-order valence-corrected chi connectivity index (χ2v) is 5.63. The number of aliphatic carboxylic acids is 1. The Hall–Kier alpha value is -1.22. The molecule has 0 fully saturated rings. The molecule has 86 valence electrons. The molecule has 1 aromatic carbocycles. The van der Waals surface area contributed by atoms with Gasteiger partial charge in [0.2, 0.25) is 0 Å². The molecule has 0 bridgehead atoms. The maximum atomic E-state index is 10.8. The predicted molar refractivity (Wildman–Crippen MR) is 67.5 cm³/mol. The van der Waals surface area contributed by atoms with Crippen LogP contribution in [0.1, 0.15) is 20.8 Å². The summed E-state index contributed by atoms with van der Waals surface area (Å²) in [5, 5.41) is 8.84. The first-order valence-electron chi connectivity index (χ1n) is 5.07. The van der Waals surface area contributed by atoms with E-state index in [1.807, 2.05) is 51.1 Å². The summed E-state index contributed by atoms with van der Waals surface area (Å²) >= 11 is 1.50. The van der Waals surface area contributed by atoms with Gasteiger partial charge in [0.05, 0.1) is 0 Å². The van der Waals surface area contributed by atoms with Gasteiger partial charge in [-0.1, -0.05) is 50.7 Å². The lowest BCUT2D eigenvalue weighted by Crippen LogP contribution is -2.08. The van der Waals surface area contributed by atoms with Crippen LogP contribution in [0.25, 0.3) is 0 Å². The molecular weight excluding hydrogens is 220 g/mol. The van der Waals surface area contributed by atoms with E-state index >= 15 is 0 Å². The molecule has 0 aliphatic rings. The van der Waals surface area contributed by atoms with Gasteiger partial charge in [0.15, 0.2) is 0 Å². The number of hydrogen-bond donors (Lipinski definition) is 1. The second kappa shape index (κ2) is 5.21. The van der Waals surface area contributed by atoms with E-state index in [1.165, 1.54) is 17.8 Å². The summed E-state index contributed by atoms with van der Waals surface area (Å²) in [6, 6.07) is 9.80. The molecular formula is C13H16O2S. The van der Waals surface area contributed by atoms with E-state index in [-0.39, 0.29) is 5.41 Å². The van der Waals surface area contributed by atoms with Crippen LogP contribution in [0, 0.1) is 5.41 Å². The average molecular weight is 236 g/mol. The van der Waals surface area contributed by atoms with E-state index in [0.717, 1.165) is 9.80 Å². The highest BCUT2D eigenvalue weighted by Gasteiger charge is 2.19. The highest BCUT2D eigenvalue weighted by atomic mass is 32.2. The van der Waals surface area contributed by atoms with Crippen LogP contribution < -0.4 is 0 Å². The van der Waals surface area contributed by atoms with E-state index < -0.39 is 5.97 Å². The van der Waals surface area contributed by atoms with Crippen LogP contribution in [0.2, 0.25) is 0 Å². The third-order valence-corrected chi connectivity index (χ3v) is 3.42. The van der Waals surface area contributed by atoms with Crippen LogP contribution in [0.4, 0.5) is 0 Å². The fourth-order valence-corrected chi connectivity index (χ4v) is 2.14. The third-order valence-electron chi connectivity index (χ3n) is 1.96. The van der Waals surface area contributed by atoms with Gasteiger partial charge in [-0.25, -0.2) is 4.79 Å². The van der Waals surface area contributed by atoms with Crippen LogP contribution in [-0.2, 0) is 4.79 Å². The summed E-state index contributed by atoms with van der Waals surface area (Å²) in [6.07, 6.45) is 1.29. The molecule has 2 nitrogen and oxygen atoms in total. The lowest BCUT2D eigenvalue weighted by Gasteiger charge is -2.21. The van der Waals surface area contributed by atoms with Crippen molar-refractivity contribution >= 4 is 17.7 Å². The summed E-state index contributed by atoms with van der Waals surface area (Å²) in [4.78, 5) is 12.7. The van der Waals surface area contributed by atoms with E-state index in [1.54, 1.807) is 0 Å². The normalized spacial score (nSPS) is 12.6. The first-order valence-corrected chi connectivity index (χ1v) is 5.89. The van der Waals surface area contributed by atoms with Gasteiger partial charge in [-0.15, -0.1) is 0 Å². The number of benzene rings is 1. The minimum absolute atomic E-state index is 0.154. The molecule has 0 aromatic heterocycles. The predicted octanol–water partition coefficient (Wildman–Crippen LogP) is 3.79. The number of hydrogen-bond acceptors (Lipinski definition) is 2. The number of carboxylic acid groups (broad SMARTS) is 1. The van der Waals surface area contributed by atoms with Crippen LogP contribution in [0.3, 0.4) is 0 Å². The van der Waals surface area contributed by atoms with E-state index in [4.69, 9.17) is 5.11 Å². The fraction of sp³-hybridized carbons (Fsp3) is 0.308. The van der Waals surface area contributed by atoms with Crippen LogP contribution >= 0.6 is 11.8 Å². The van der Waals surface area contributed by atoms with Crippen molar-refractivity contribution in [2.45, 2.75) is 25.7 Å². The van der Waals surface area contributed by atoms with Crippen LogP contribution in [0.5, 0.6) is 0 Å². The van der Waals surface area contributed by atoms with Crippen molar-refractivity contribution in [3.63, 3.8) is 0 Å². The first kappa shape index (κ1) is 12.8. The van der Waals surface area contributed by atoms with Gasteiger partial charge in [-0.05, 0) is 17.5 Å². The molecule has 0 spiro atoms. The Kier molecular flexibility index (Phi) is 4.19. The Morgan fingerprint density at radius 1 is 1.25 bits per heavy atom. The highest BCUT2D eigenvalue weighted by molar-refractivity contribution is 8.03. The lowest BCUT2D eigenvalue weighted by molar-refractivity contribution is -0.131. The van der Waals surface area contributed by atoms with Crippen molar-refractivity contribution in [3.05, 3.63) is 41.3 Å². The second-order valence-electron chi connectivity index (χ2n) is 4.51. The molecule has 0 unspecified atom stereocenters. The van der Waals surface area contributed by atoms with Crippen LogP contribution in [-0.4, -0.2) is 11.1 Å².